The van der Waals surface area contributed by atoms with Crippen LogP contribution in [0.25, 0.3) is 0 Å². The Morgan fingerprint density at radius 2 is 2.00 bits per heavy atom. The summed E-state index contributed by atoms with van der Waals surface area (Å²) >= 11 is 0. The van der Waals surface area contributed by atoms with Gasteiger partial charge in [-0.2, -0.15) is 0 Å². The number of amides is 1. The number of furan rings is 1. The molecule has 2 aromatic rings. The molecular formula is C23H27NO4. The predicted octanol–water partition coefficient (Wildman–Crippen LogP) is 5.43. The monoisotopic (exact) mass is 381 g/mol. The number of benzene rings is 1. The van der Waals surface area contributed by atoms with Gasteiger partial charge in [0.1, 0.15) is 18.5 Å². The van der Waals surface area contributed by atoms with E-state index in [2.05, 4.69) is 32.2 Å². The van der Waals surface area contributed by atoms with E-state index >= 15 is 0 Å². The fourth-order valence-corrected chi connectivity index (χ4v) is 4.84. The average molecular weight is 381 g/mol. The van der Waals surface area contributed by atoms with E-state index in [0.717, 1.165) is 11.4 Å². The molecule has 1 N–H and O–H groups in total. The average Bonchev–Trinajstić information content (AvgIpc) is 3.21. The molecule has 0 saturated carbocycles. The van der Waals surface area contributed by atoms with Crippen LogP contribution in [0.3, 0.4) is 0 Å². The molecule has 1 aliphatic carbocycles. The number of allylic oxidation sites excluding steroid dienone is 1. The molecule has 2 heterocycles. The first-order valence-corrected chi connectivity index (χ1v) is 9.83. The van der Waals surface area contributed by atoms with Crippen molar-refractivity contribution in [1.82, 2.24) is 0 Å². The van der Waals surface area contributed by atoms with Gasteiger partial charge in [0.2, 0.25) is 0 Å². The molecule has 0 radical (unpaired) electrons. The predicted molar refractivity (Wildman–Crippen MR) is 107 cm³/mol. The highest BCUT2D eigenvalue weighted by molar-refractivity contribution is 5.84. The molecule has 1 aromatic heterocycles. The van der Waals surface area contributed by atoms with Crippen molar-refractivity contribution in [3.8, 4) is 0 Å². The van der Waals surface area contributed by atoms with E-state index in [-0.39, 0.29) is 23.4 Å². The summed E-state index contributed by atoms with van der Waals surface area (Å²) in [6.07, 6.45) is 3.46. The Hall–Kier alpha value is -2.53. The molecule has 4 rings (SSSR count). The molecule has 3 unspecified atom stereocenters. The normalized spacial score (nSPS) is 31.8. The number of hydrogen-bond donors (Lipinski definition) is 1. The second-order valence-corrected chi connectivity index (χ2v) is 8.06. The van der Waals surface area contributed by atoms with Gasteiger partial charge in [-0.15, -0.1) is 0 Å². The summed E-state index contributed by atoms with van der Waals surface area (Å²) in [5.41, 5.74) is 1.79. The maximum Gasteiger partial charge on any atom is 0.411 e. The molecule has 5 heteroatoms. The second kappa shape index (κ2) is 7.47. The van der Waals surface area contributed by atoms with Gasteiger partial charge < -0.3 is 13.9 Å². The third-order valence-electron chi connectivity index (χ3n) is 6.56. The summed E-state index contributed by atoms with van der Waals surface area (Å²) < 4.78 is 17.6. The first kappa shape index (κ1) is 18.8. The highest BCUT2D eigenvalue weighted by Crippen LogP contribution is 2.56. The lowest BCUT2D eigenvalue weighted by Gasteiger charge is -2.54. The summed E-state index contributed by atoms with van der Waals surface area (Å²) in [4.78, 5) is 12.3. The number of carbonyl (C=O) groups is 1. The minimum Gasteiger partial charge on any atom is -0.467 e. The van der Waals surface area contributed by atoms with E-state index in [9.17, 15) is 4.79 Å². The number of carbonyl (C=O) groups excluding carboxylic acids is 1. The molecule has 1 saturated heterocycles. The van der Waals surface area contributed by atoms with E-state index < -0.39 is 6.09 Å². The maximum atomic E-state index is 12.3. The van der Waals surface area contributed by atoms with Gasteiger partial charge in [-0.3, -0.25) is 5.32 Å². The Bertz CT molecular complexity index is 845. The minimum absolute atomic E-state index is 0.0972. The minimum atomic E-state index is -0.434. The van der Waals surface area contributed by atoms with Gasteiger partial charge in [0.25, 0.3) is 0 Å². The van der Waals surface area contributed by atoms with Crippen molar-refractivity contribution in [2.75, 3.05) is 18.5 Å². The number of fused-ring (bicyclic) bond motifs is 2. The highest BCUT2D eigenvalue weighted by atomic mass is 16.6. The molecule has 1 aliphatic heterocycles. The third kappa shape index (κ3) is 3.24. The van der Waals surface area contributed by atoms with Gasteiger partial charge in [0.05, 0.1) is 12.9 Å². The summed E-state index contributed by atoms with van der Waals surface area (Å²) in [6, 6.07) is 13.2. The van der Waals surface area contributed by atoms with Crippen LogP contribution in [0.1, 0.15) is 32.6 Å². The molecule has 148 valence electrons. The first-order chi connectivity index (χ1) is 13.5. The van der Waals surface area contributed by atoms with Crippen LogP contribution in [-0.2, 0) is 9.47 Å². The van der Waals surface area contributed by atoms with Gasteiger partial charge in [0.15, 0.2) is 0 Å². The van der Waals surface area contributed by atoms with Crippen molar-refractivity contribution >= 4 is 11.8 Å². The van der Waals surface area contributed by atoms with Crippen molar-refractivity contribution in [1.29, 1.82) is 0 Å². The zero-order valence-corrected chi connectivity index (χ0v) is 16.6. The molecule has 28 heavy (non-hydrogen) atoms. The Labute approximate surface area is 165 Å². The SMILES string of the molecule is CC1=CC(C)[C@]2(COC(=O)Nc3ccccc3)COC(c3ccco3)C1[C@@H]2C. The standard InChI is InChI=1S/C23H27NO4/c1-15-12-16(2)23(14-28-22(25)24-18-8-5-4-6-9-18)13-27-21(20(15)17(23)3)19-10-7-11-26-19/h4-12,16-17,20-21H,13-14H2,1-3H3,(H,24,25)/t16?,17-,20?,21?,23+/m0/s1. The van der Waals surface area contributed by atoms with Crippen molar-refractivity contribution < 1.29 is 18.7 Å². The van der Waals surface area contributed by atoms with Crippen LogP contribution in [0, 0.1) is 23.2 Å². The van der Waals surface area contributed by atoms with Gasteiger partial charge in [-0.05, 0) is 43.0 Å². The van der Waals surface area contributed by atoms with Gasteiger partial charge >= 0.3 is 6.09 Å². The quantitative estimate of drug-likeness (QED) is 0.717. The number of ether oxygens (including phenoxy) is 2. The lowest BCUT2D eigenvalue weighted by molar-refractivity contribution is -0.169. The van der Waals surface area contributed by atoms with Crippen LogP contribution in [0.15, 0.2) is 64.8 Å². The van der Waals surface area contributed by atoms with E-state index in [1.165, 1.54) is 5.57 Å². The summed E-state index contributed by atoms with van der Waals surface area (Å²) in [5, 5.41) is 2.79. The largest absolute Gasteiger partial charge is 0.467 e. The lowest BCUT2D eigenvalue weighted by atomic mass is 9.56. The number of hydrogen-bond acceptors (Lipinski definition) is 4. The summed E-state index contributed by atoms with van der Waals surface area (Å²) in [6.45, 7) is 7.44. The summed E-state index contributed by atoms with van der Waals surface area (Å²) in [5.74, 6) is 1.61. The van der Waals surface area contributed by atoms with E-state index in [1.807, 2.05) is 42.5 Å². The smallest absolute Gasteiger partial charge is 0.411 e. The first-order valence-electron chi connectivity index (χ1n) is 9.83. The molecule has 1 aromatic carbocycles. The molecular weight excluding hydrogens is 354 g/mol. The number of para-hydroxylation sites is 1. The van der Waals surface area contributed by atoms with Gasteiger partial charge in [0, 0.05) is 17.0 Å². The van der Waals surface area contributed by atoms with Gasteiger partial charge in [-0.25, -0.2) is 4.79 Å². The van der Waals surface area contributed by atoms with Crippen LogP contribution < -0.4 is 5.32 Å². The number of nitrogens with one attached hydrogen (secondary N) is 1. The number of rotatable bonds is 4. The number of anilines is 1. The Morgan fingerprint density at radius 1 is 1.21 bits per heavy atom. The Balaban J connectivity index is 1.51. The van der Waals surface area contributed by atoms with Crippen molar-refractivity contribution in [3.05, 3.63) is 66.1 Å². The third-order valence-corrected chi connectivity index (χ3v) is 6.56. The summed E-state index contributed by atoms with van der Waals surface area (Å²) in [7, 11) is 0. The van der Waals surface area contributed by atoms with Crippen LogP contribution >= 0.6 is 0 Å². The molecule has 1 amide bonds. The van der Waals surface area contributed by atoms with Crippen LogP contribution in [0.2, 0.25) is 0 Å². The Morgan fingerprint density at radius 3 is 2.71 bits per heavy atom. The van der Waals surface area contributed by atoms with Crippen molar-refractivity contribution in [3.63, 3.8) is 0 Å². The van der Waals surface area contributed by atoms with E-state index in [4.69, 9.17) is 13.9 Å². The zero-order valence-electron chi connectivity index (χ0n) is 16.6. The topological polar surface area (TPSA) is 60.7 Å². The van der Waals surface area contributed by atoms with E-state index in [1.54, 1.807) is 6.26 Å². The zero-order chi connectivity index (χ0) is 19.7. The molecule has 1 fully saturated rings. The van der Waals surface area contributed by atoms with Gasteiger partial charge in [-0.1, -0.05) is 43.7 Å². The van der Waals surface area contributed by atoms with Crippen LogP contribution in [0.4, 0.5) is 10.5 Å². The Kier molecular flexibility index (Phi) is 5.02. The lowest BCUT2D eigenvalue weighted by Crippen LogP contribution is -2.54. The fraction of sp³-hybridized carbons (Fsp3) is 0.435. The second-order valence-electron chi connectivity index (χ2n) is 8.06. The molecule has 2 bridgehead atoms. The molecule has 5 nitrogen and oxygen atoms in total. The highest BCUT2D eigenvalue weighted by Gasteiger charge is 2.55. The fourth-order valence-electron chi connectivity index (χ4n) is 4.84. The molecule has 5 atom stereocenters. The molecule has 2 aliphatic rings. The van der Waals surface area contributed by atoms with Crippen molar-refractivity contribution in [2.24, 2.45) is 23.2 Å². The maximum absolute atomic E-state index is 12.3. The molecule has 0 spiro atoms. The van der Waals surface area contributed by atoms with Crippen LogP contribution in [-0.4, -0.2) is 19.3 Å². The van der Waals surface area contributed by atoms with E-state index in [0.29, 0.717) is 19.1 Å². The van der Waals surface area contributed by atoms with Crippen molar-refractivity contribution in [2.45, 2.75) is 26.9 Å². The van der Waals surface area contributed by atoms with Crippen LogP contribution in [0.5, 0.6) is 0 Å².